The molecule has 0 saturated heterocycles. The topological polar surface area (TPSA) is 34.4 Å². The molecule has 2 heterocycles. The number of carbonyl (C=O) groups excluding carboxylic acids is 1. The second-order valence-corrected chi connectivity index (χ2v) is 6.43. The van der Waals surface area contributed by atoms with Gasteiger partial charge in [0.25, 0.3) is 0 Å². The molecule has 0 aliphatic heterocycles. The number of Topliss-reactive ketones (excluding diaryl/α,β-unsaturated/α-hetero) is 1. The first-order valence-electron chi connectivity index (χ1n) is 6.94. The third-order valence-electron chi connectivity index (χ3n) is 4.14. The number of rotatable bonds is 3. The molecule has 3 nitrogen and oxygen atoms in total. The molecule has 114 valence electrons. The first kappa shape index (κ1) is 14.6. The van der Waals surface area contributed by atoms with Gasteiger partial charge in [0.1, 0.15) is 5.78 Å². The molecule has 1 fully saturated rings. The fourth-order valence-electron chi connectivity index (χ4n) is 2.93. The summed E-state index contributed by atoms with van der Waals surface area (Å²) in [6.45, 7) is 0. The highest BCUT2D eigenvalue weighted by atomic mass is 32.1. The first-order valence-corrected chi connectivity index (χ1v) is 7.82. The minimum absolute atomic E-state index is 0.0152. The van der Waals surface area contributed by atoms with E-state index in [-0.39, 0.29) is 31.0 Å². The fraction of sp³-hybridized carbons (Fsp3) is 0.571. The van der Waals surface area contributed by atoms with Gasteiger partial charge in [-0.2, -0.15) is 13.2 Å². The summed E-state index contributed by atoms with van der Waals surface area (Å²) in [5.74, 6) is -1.47. The van der Waals surface area contributed by atoms with Crippen LogP contribution in [0.5, 0.6) is 0 Å². The zero-order chi connectivity index (χ0) is 15.0. The van der Waals surface area contributed by atoms with Crippen molar-refractivity contribution in [2.24, 2.45) is 11.8 Å². The Bertz CT molecular complexity index is 609. The molecule has 2 aromatic heterocycles. The number of hydrogen-bond acceptors (Lipinski definition) is 3. The molecule has 0 amide bonds. The van der Waals surface area contributed by atoms with Crippen molar-refractivity contribution in [3.63, 3.8) is 0 Å². The highest BCUT2D eigenvalue weighted by molar-refractivity contribution is 7.15. The van der Waals surface area contributed by atoms with Crippen LogP contribution < -0.4 is 0 Å². The number of nitrogens with zero attached hydrogens (tertiary/aromatic N) is 2. The number of imidazole rings is 1. The smallest absolute Gasteiger partial charge is 0.299 e. The van der Waals surface area contributed by atoms with Crippen LogP contribution in [-0.2, 0) is 11.2 Å². The van der Waals surface area contributed by atoms with Gasteiger partial charge < -0.3 is 0 Å². The minimum Gasteiger partial charge on any atom is -0.299 e. The normalized spacial score (nSPS) is 23.6. The maximum atomic E-state index is 12.6. The molecule has 1 aliphatic carbocycles. The quantitative estimate of drug-likeness (QED) is 0.861. The van der Waals surface area contributed by atoms with Gasteiger partial charge in [-0.25, -0.2) is 4.98 Å². The van der Waals surface area contributed by atoms with Crippen LogP contribution in [0.15, 0.2) is 17.8 Å². The van der Waals surface area contributed by atoms with Crippen LogP contribution in [-0.4, -0.2) is 21.3 Å². The Labute approximate surface area is 123 Å². The van der Waals surface area contributed by atoms with Crippen molar-refractivity contribution in [2.75, 3.05) is 0 Å². The van der Waals surface area contributed by atoms with E-state index in [4.69, 9.17) is 0 Å². The maximum Gasteiger partial charge on any atom is 0.391 e. The van der Waals surface area contributed by atoms with Gasteiger partial charge in [0.15, 0.2) is 4.96 Å². The Morgan fingerprint density at radius 1 is 1.33 bits per heavy atom. The Hall–Kier alpha value is -1.37. The van der Waals surface area contributed by atoms with Crippen molar-refractivity contribution in [3.8, 4) is 0 Å². The number of ketones is 1. The van der Waals surface area contributed by atoms with Gasteiger partial charge in [0, 0.05) is 23.7 Å². The lowest BCUT2D eigenvalue weighted by Gasteiger charge is -2.28. The zero-order valence-electron chi connectivity index (χ0n) is 11.3. The number of fused-ring (bicyclic) bond motifs is 1. The maximum absolute atomic E-state index is 12.6. The second-order valence-electron chi connectivity index (χ2n) is 5.56. The minimum atomic E-state index is -4.12. The Kier molecular flexibility index (Phi) is 3.77. The van der Waals surface area contributed by atoms with Crippen LogP contribution >= 0.6 is 11.3 Å². The molecule has 2 aromatic rings. The largest absolute Gasteiger partial charge is 0.391 e. The summed E-state index contributed by atoms with van der Waals surface area (Å²) < 4.78 is 39.7. The highest BCUT2D eigenvalue weighted by Gasteiger charge is 2.42. The predicted molar refractivity (Wildman–Crippen MR) is 73.3 cm³/mol. The molecular formula is C14H15F3N2OS. The van der Waals surface area contributed by atoms with Crippen molar-refractivity contribution in [2.45, 2.75) is 38.3 Å². The van der Waals surface area contributed by atoms with Gasteiger partial charge in [-0.3, -0.25) is 9.20 Å². The lowest BCUT2D eigenvalue weighted by molar-refractivity contribution is -0.184. The Morgan fingerprint density at radius 3 is 2.67 bits per heavy atom. The van der Waals surface area contributed by atoms with Gasteiger partial charge in [0.05, 0.1) is 18.0 Å². The summed E-state index contributed by atoms with van der Waals surface area (Å²) in [4.78, 5) is 17.4. The Morgan fingerprint density at radius 2 is 2.05 bits per heavy atom. The average Bonchev–Trinajstić information content (AvgIpc) is 2.98. The molecule has 0 bridgehead atoms. The molecule has 0 radical (unpaired) electrons. The summed E-state index contributed by atoms with van der Waals surface area (Å²) in [6, 6.07) is 0. The summed E-state index contributed by atoms with van der Waals surface area (Å²) in [5.41, 5.74) is 0.699. The first-order chi connectivity index (χ1) is 9.93. The molecule has 7 heteroatoms. The van der Waals surface area contributed by atoms with E-state index in [0.717, 1.165) is 4.96 Å². The number of halogens is 3. The molecule has 0 N–H and O–H groups in total. The van der Waals surface area contributed by atoms with E-state index in [2.05, 4.69) is 4.98 Å². The van der Waals surface area contributed by atoms with E-state index in [1.165, 1.54) is 11.3 Å². The Balaban J connectivity index is 1.58. The average molecular weight is 316 g/mol. The fourth-order valence-corrected chi connectivity index (χ4v) is 3.65. The van der Waals surface area contributed by atoms with Crippen LogP contribution in [0.25, 0.3) is 4.96 Å². The van der Waals surface area contributed by atoms with Crippen LogP contribution in [0.3, 0.4) is 0 Å². The number of aromatic nitrogens is 2. The van der Waals surface area contributed by atoms with E-state index in [9.17, 15) is 18.0 Å². The zero-order valence-corrected chi connectivity index (χ0v) is 12.1. The highest BCUT2D eigenvalue weighted by Crippen LogP contribution is 2.39. The number of alkyl halides is 3. The third-order valence-corrected chi connectivity index (χ3v) is 4.91. The molecular weight excluding hydrogens is 301 g/mol. The van der Waals surface area contributed by atoms with Gasteiger partial charge in [-0.15, -0.1) is 11.3 Å². The van der Waals surface area contributed by atoms with Crippen LogP contribution in [0.4, 0.5) is 13.2 Å². The molecule has 1 aliphatic rings. The van der Waals surface area contributed by atoms with Crippen LogP contribution in [0.2, 0.25) is 0 Å². The predicted octanol–water partition coefficient (Wildman–Crippen LogP) is 3.88. The molecule has 21 heavy (non-hydrogen) atoms. The van der Waals surface area contributed by atoms with E-state index >= 15 is 0 Å². The lowest BCUT2D eigenvalue weighted by Crippen LogP contribution is -2.30. The molecule has 3 rings (SSSR count). The second kappa shape index (κ2) is 5.44. The lowest BCUT2D eigenvalue weighted by atomic mass is 9.79. The van der Waals surface area contributed by atoms with Gasteiger partial charge in [-0.1, -0.05) is 0 Å². The van der Waals surface area contributed by atoms with E-state index < -0.39 is 12.1 Å². The van der Waals surface area contributed by atoms with Crippen LogP contribution in [0, 0.1) is 11.8 Å². The molecule has 0 aromatic carbocycles. The van der Waals surface area contributed by atoms with Crippen molar-refractivity contribution >= 4 is 22.1 Å². The summed E-state index contributed by atoms with van der Waals surface area (Å²) >= 11 is 1.49. The van der Waals surface area contributed by atoms with Crippen molar-refractivity contribution in [1.29, 1.82) is 0 Å². The number of thiazole rings is 1. The number of carbonyl (C=O) groups is 1. The van der Waals surface area contributed by atoms with Gasteiger partial charge >= 0.3 is 6.18 Å². The standard InChI is InChI=1S/C14H15F3N2OS/c15-14(16,17)10-3-1-9(2-4-10)12(20)7-11-8-19-5-6-21-13(19)18-11/h5-6,8-10H,1-4,7H2. The van der Waals surface area contributed by atoms with Crippen molar-refractivity contribution < 1.29 is 18.0 Å². The molecule has 0 unspecified atom stereocenters. The SMILES string of the molecule is O=C(Cc1cn2ccsc2n1)C1CCC(C(F)(F)F)CC1. The molecule has 1 saturated carbocycles. The summed E-state index contributed by atoms with van der Waals surface area (Å²) in [5, 5.41) is 1.91. The number of hydrogen-bond donors (Lipinski definition) is 0. The molecule has 0 spiro atoms. The monoisotopic (exact) mass is 316 g/mol. The summed E-state index contributed by atoms with van der Waals surface area (Å²) in [7, 11) is 0. The van der Waals surface area contributed by atoms with Crippen LogP contribution in [0.1, 0.15) is 31.4 Å². The summed E-state index contributed by atoms with van der Waals surface area (Å²) in [6.07, 6.45) is 0.589. The third kappa shape index (κ3) is 3.12. The van der Waals surface area contributed by atoms with E-state index in [0.29, 0.717) is 18.5 Å². The van der Waals surface area contributed by atoms with E-state index in [1.54, 1.807) is 0 Å². The molecule has 0 atom stereocenters. The van der Waals surface area contributed by atoms with Gasteiger partial charge in [-0.05, 0) is 25.7 Å². The van der Waals surface area contributed by atoms with Gasteiger partial charge in [0.2, 0.25) is 0 Å². The van der Waals surface area contributed by atoms with Crippen molar-refractivity contribution in [1.82, 2.24) is 9.38 Å². The van der Waals surface area contributed by atoms with E-state index in [1.807, 2.05) is 22.2 Å². The van der Waals surface area contributed by atoms with Crippen molar-refractivity contribution in [3.05, 3.63) is 23.5 Å².